The molecule has 0 bridgehead atoms. The molecule has 7 heteroatoms. The van der Waals surface area contributed by atoms with Gasteiger partial charge in [0.15, 0.2) is 0 Å². The second-order valence-electron chi connectivity index (χ2n) is 6.90. The van der Waals surface area contributed by atoms with Gasteiger partial charge in [0.05, 0.1) is 18.2 Å². The zero-order valence-electron chi connectivity index (χ0n) is 16.6. The Kier molecular flexibility index (Phi) is 9.07. The average molecular weight is 421 g/mol. The molecule has 28 heavy (non-hydrogen) atoms. The maximum Gasteiger partial charge on any atom is 0.328 e. The summed E-state index contributed by atoms with van der Waals surface area (Å²) in [5, 5.41) is 13.3. The Morgan fingerprint density at radius 1 is 1.18 bits per heavy atom. The molecule has 0 aromatic carbocycles. The Hall–Kier alpha value is -1.78. The molecule has 0 unspecified atom stereocenters. The van der Waals surface area contributed by atoms with Crippen molar-refractivity contribution in [2.75, 3.05) is 5.75 Å². The van der Waals surface area contributed by atoms with Crippen LogP contribution in [0.1, 0.15) is 65.2 Å². The summed E-state index contributed by atoms with van der Waals surface area (Å²) in [7, 11) is -3.64. The molecular weight excluding hydrogens is 392 g/mol. The minimum atomic E-state index is -3.64. The molecule has 2 rings (SSSR count). The second-order valence-corrected chi connectivity index (χ2v) is 9.64. The molecule has 0 spiro atoms. The summed E-state index contributed by atoms with van der Waals surface area (Å²) < 4.78 is 28.9. The van der Waals surface area contributed by atoms with E-state index in [4.69, 9.17) is 9.55 Å². The molecule has 0 fully saturated rings. The van der Waals surface area contributed by atoms with Crippen molar-refractivity contribution < 1.29 is 12.7 Å². The summed E-state index contributed by atoms with van der Waals surface area (Å²) in [6.45, 7) is 4.17. The molecule has 0 N–H and O–H groups in total. The minimum Gasteiger partial charge on any atom is -0.267 e. The second kappa shape index (κ2) is 11.3. The van der Waals surface area contributed by atoms with Gasteiger partial charge in [-0.15, -0.1) is 0 Å². The molecule has 1 aliphatic carbocycles. The molecule has 0 aromatic heterocycles. The third-order valence-corrected chi connectivity index (χ3v) is 6.84. The summed E-state index contributed by atoms with van der Waals surface area (Å²) in [6, 6.07) is 2.19. The zero-order chi connectivity index (χ0) is 20.4. The number of nitrogens with zero attached hydrogens (tertiary/aromatic N) is 2. The van der Waals surface area contributed by atoms with Crippen LogP contribution in [0, 0.1) is 11.3 Å². The van der Waals surface area contributed by atoms with Crippen molar-refractivity contribution in [2.24, 2.45) is 5.16 Å². The van der Waals surface area contributed by atoms with Crippen LogP contribution in [-0.4, -0.2) is 19.2 Å². The predicted molar refractivity (Wildman–Crippen MR) is 116 cm³/mol. The summed E-state index contributed by atoms with van der Waals surface area (Å²) in [5.74, 6) is 0.00237. The Labute approximate surface area is 173 Å². The first-order chi connectivity index (χ1) is 13.5. The van der Waals surface area contributed by atoms with Gasteiger partial charge in [-0.2, -0.15) is 13.7 Å². The van der Waals surface area contributed by atoms with Gasteiger partial charge < -0.3 is 0 Å². The van der Waals surface area contributed by atoms with E-state index in [0.29, 0.717) is 17.9 Å². The molecule has 0 amide bonds. The van der Waals surface area contributed by atoms with Gasteiger partial charge in [0, 0.05) is 4.91 Å². The van der Waals surface area contributed by atoms with Crippen LogP contribution in [0.25, 0.3) is 0 Å². The molecule has 0 saturated carbocycles. The van der Waals surface area contributed by atoms with Crippen molar-refractivity contribution >= 4 is 26.9 Å². The molecular formula is C21H28N2O3S2. The summed E-state index contributed by atoms with van der Waals surface area (Å²) in [6.07, 6.45) is 15.0. The molecule has 5 nitrogen and oxygen atoms in total. The Morgan fingerprint density at radius 2 is 1.93 bits per heavy atom. The number of hydrogen-bond donors (Lipinski definition) is 0. The summed E-state index contributed by atoms with van der Waals surface area (Å²) >= 11 is 1.40. The normalized spacial score (nSPS) is 20.8. The highest BCUT2D eigenvalue weighted by molar-refractivity contribution is 8.18. The fourth-order valence-corrected chi connectivity index (χ4v) is 4.89. The lowest BCUT2D eigenvalue weighted by molar-refractivity contribution is 0.339. The van der Waals surface area contributed by atoms with Crippen molar-refractivity contribution in [3.63, 3.8) is 0 Å². The van der Waals surface area contributed by atoms with Crippen LogP contribution >= 0.6 is 11.8 Å². The van der Waals surface area contributed by atoms with Crippen molar-refractivity contribution in [1.82, 2.24) is 0 Å². The fourth-order valence-electron chi connectivity index (χ4n) is 3.08. The van der Waals surface area contributed by atoms with Gasteiger partial charge in [-0.1, -0.05) is 68.1 Å². The smallest absolute Gasteiger partial charge is 0.267 e. The molecule has 0 atom stereocenters. The Bertz CT molecular complexity index is 857. The van der Waals surface area contributed by atoms with E-state index >= 15 is 0 Å². The molecule has 1 heterocycles. The zero-order valence-corrected chi connectivity index (χ0v) is 18.2. The number of allylic oxidation sites excluding steroid dienone is 6. The van der Waals surface area contributed by atoms with Crippen LogP contribution in [0.3, 0.4) is 0 Å². The van der Waals surface area contributed by atoms with Gasteiger partial charge >= 0.3 is 10.1 Å². The lowest BCUT2D eigenvalue weighted by atomic mass is 9.92. The first-order valence-corrected chi connectivity index (χ1v) is 12.2. The van der Waals surface area contributed by atoms with E-state index in [-0.39, 0.29) is 5.75 Å². The number of unbranched alkanes of at least 4 members (excludes halogenated alkanes) is 5. The summed E-state index contributed by atoms with van der Waals surface area (Å²) in [5.41, 5.74) is 3.27. The van der Waals surface area contributed by atoms with Crippen LogP contribution in [0.5, 0.6) is 0 Å². The van der Waals surface area contributed by atoms with Crippen LogP contribution in [-0.2, 0) is 14.4 Å². The maximum absolute atomic E-state index is 12.0. The van der Waals surface area contributed by atoms with Gasteiger partial charge in [-0.3, -0.25) is 4.28 Å². The molecule has 152 valence electrons. The van der Waals surface area contributed by atoms with E-state index in [1.807, 2.05) is 25.2 Å². The first kappa shape index (κ1) is 22.5. The number of nitriles is 1. The van der Waals surface area contributed by atoms with Crippen LogP contribution in [0.15, 0.2) is 51.1 Å². The molecule has 0 aromatic rings. The van der Waals surface area contributed by atoms with Crippen LogP contribution in [0.2, 0.25) is 0 Å². The highest BCUT2D eigenvalue weighted by Gasteiger charge is 2.19. The largest absolute Gasteiger partial charge is 0.328 e. The SMILES string of the molecule is CCCCCCCCS(=O)(=O)ON=C1C=CC(=C2CC=CC(CC#N)=C2C)S1. The van der Waals surface area contributed by atoms with Crippen molar-refractivity contribution in [3.05, 3.63) is 45.9 Å². The number of rotatable bonds is 10. The molecule has 2 aliphatic rings. The third-order valence-electron chi connectivity index (χ3n) is 4.72. The first-order valence-electron chi connectivity index (χ1n) is 9.79. The number of thioether (sulfide) groups is 1. The fraction of sp³-hybridized carbons (Fsp3) is 0.524. The van der Waals surface area contributed by atoms with E-state index in [0.717, 1.165) is 47.3 Å². The van der Waals surface area contributed by atoms with Crippen LogP contribution in [0.4, 0.5) is 0 Å². The summed E-state index contributed by atoms with van der Waals surface area (Å²) in [4.78, 5) is 1.02. The van der Waals surface area contributed by atoms with E-state index in [9.17, 15) is 8.42 Å². The minimum absolute atomic E-state index is 0.00237. The average Bonchev–Trinajstić information content (AvgIpc) is 3.14. The predicted octanol–water partition coefficient (Wildman–Crippen LogP) is 5.75. The monoisotopic (exact) mass is 420 g/mol. The van der Waals surface area contributed by atoms with Crippen molar-refractivity contribution in [3.8, 4) is 6.07 Å². The van der Waals surface area contributed by atoms with E-state index in [1.54, 1.807) is 6.08 Å². The molecule has 1 aliphatic heterocycles. The molecule has 0 saturated heterocycles. The third kappa shape index (κ3) is 6.99. The Morgan fingerprint density at radius 3 is 2.68 bits per heavy atom. The van der Waals surface area contributed by atoms with Gasteiger partial charge in [0.25, 0.3) is 0 Å². The standard InChI is InChI=1S/C21H28N2O3S2/c1-3-4-5-6-7-8-16-28(24,25)26-23-21-13-12-20(27-21)19-11-9-10-18(14-15-22)17(19)2/h9-10,12-13H,3-8,11,14,16H2,1-2H3. The van der Waals surface area contributed by atoms with Crippen molar-refractivity contribution in [1.29, 1.82) is 5.26 Å². The Balaban J connectivity index is 1.90. The van der Waals surface area contributed by atoms with Crippen LogP contribution < -0.4 is 0 Å². The van der Waals surface area contributed by atoms with E-state index in [2.05, 4.69) is 18.1 Å². The highest BCUT2D eigenvalue weighted by atomic mass is 32.2. The van der Waals surface area contributed by atoms with E-state index in [1.165, 1.54) is 24.6 Å². The van der Waals surface area contributed by atoms with Gasteiger partial charge in [-0.25, -0.2) is 0 Å². The maximum atomic E-state index is 12.0. The van der Waals surface area contributed by atoms with Crippen molar-refractivity contribution in [2.45, 2.75) is 65.2 Å². The van der Waals surface area contributed by atoms with E-state index < -0.39 is 10.1 Å². The van der Waals surface area contributed by atoms with Gasteiger partial charge in [0.2, 0.25) is 0 Å². The topological polar surface area (TPSA) is 79.5 Å². The lowest BCUT2D eigenvalue weighted by Crippen LogP contribution is -2.08. The quantitative estimate of drug-likeness (QED) is 0.332. The lowest BCUT2D eigenvalue weighted by Gasteiger charge is -2.16. The highest BCUT2D eigenvalue weighted by Crippen LogP contribution is 2.37. The van der Waals surface area contributed by atoms with Gasteiger partial charge in [-0.05, 0) is 48.6 Å². The molecule has 0 radical (unpaired) electrons. The number of hydrogen-bond acceptors (Lipinski definition) is 6. The number of oxime groups is 1. The van der Waals surface area contributed by atoms with Gasteiger partial charge in [0.1, 0.15) is 5.04 Å².